The van der Waals surface area contributed by atoms with Crippen LogP contribution in [0, 0.1) is 23.2 Å². The number of aliphatic hydroxyl groups excluding tert-OH is 1. The highest BCUT2D eigenvalue weighted by atomic mass is 16.5. The molecule has 3 fully saturated rings. The molecule has 0 spiro atoms. The van der Waals surface area contributed by atoms with Crippen LogP contribution in [0.1, 0.15) is 91.4 Å². The van der Waals surface area contributed by atoms with Gasteiger partial charge in [-0.1, -0.05) is 56.6 Å². The molecule has 3 aliphatic rings. The Kier molecular flexibility index (Phi) is 7.13. The largest absolute Gasteiger partial charge is 0.393 e. The van der Waals surface area contributed by atoms with Crippen molar-refractivity contribution in [1.29, 1.82) is 0 Å². The van der Waals surface area contributed by atoms with Gasteiger partial charge in [-0.15, -0.1) is 0 Å². The van der Waals surface area contributed by atoms with Gasteiger partial charge in [-0.25, -0.2) is 0 Å². The first-order chi connectivity index (χ1) is 13.6. The van der Waals surface area contributed by atoms with Gasteiger partial charge in [-0.3, -0.25) is 0 Å². The highest BCUT2D eigenvalue weighted by molar-refractivity contribution is 5.36. The lowest BCUT2D eigenvalue weighted by Gasteiger charge is -2.44. The van der Waals surface area contributed by atoms with Crippen molar-refractivity contribution in [2.45, 2.75) is 103 Å². The van der Waals surface area contributed by atoms with Crippen molar-refractivity contribution in [2.75, 3.05) is 0 Å². The van der Waals surface area contributed by atoms with Gasteiger partial charge in [-0.05, 0) is 80.6 Å². The average Bonchev–Trinajstić information content (AvgIpc) is 2.99. The molecular weight excluding hydrogens is 360 g/mol. The second-order valence-corrected chi connectivity index (χ2v) is 10.5. The van der Waals surface area contributed by atoms with E-state index in [1.165, 1.54) is 38.5 Å². The Bertz CT molecular complexity index is 657. The fourth-order valence-corrected chi connectivity index (χ4v) is 6.57. The van der Waals surface area contributed by atoms with E-state index in [9.17, 15) is 15.3 Å². The first-order valence-corrected chi connectivity index (χ1v) is 11.8. The topological polar surface area (TPSA) is 60.7 Å². The second-order valence-electron chi connectivity index (χ2n) is 10.5. The summed E-state index contributed by atoms with van der Waals surface area (Å²) in [5.41, 5.74) is 4.00. The summed E-state index contributed by atoms with van der Waals surface area (Å²) >= 11 is 0. The van der Waals surface area contributed by atoms with Crippen LogP contribution in [0.5, 0.6) is 0 Å². The van der Waals surface area contributed by atoms with Gasteiger partial charge in [0.1, 0.15) is 0 Å². The molecular formula is C26H42O3. The molecule has 0 aromatic carbocycles. The van der Waals surface area contributed by atoms with Gasteiger partial charge in [0.15, 0.2) is 5.79 Å². The Hall–Kier alpha value is -0.900. The van der Waals surface area contributed by atoms with E-state index in [4.69, 9.17) is 0 Å². The Morgan fingerprint density at radius 2 is 1.86 bits per heavy atom. The molecule has 3 saturated carbocycles. The minimum absolute atomic E-state index is 0.183. The van der Waals surface area contributed by atoms with Crippen LogP contribution in [0.3, 0.4) is 0 Å². The number of hydrogen-bond acceptors (Lipinski definition) is 3. The Labute approximate surface area is 177 Å². The van der Waals surface area contributed by atoms with Crippen molar-refractivity contribution >= 4 is 0 Å². The third-order valence-electron chi connectivity index (χ3n) is 8.26. The molecule has 0 aromatic heterocycles. The molecule has 0 heterocycles. The maximum atomic E-state index is 10.0. The molecule has 164 valence electrons. The molecule has 1 unspecified atom stereocenters. The zero-order valence-corrected chi connectivity index (χ0v) is 18.8. The normalized spacial score (nSPS) is 37.0. The summed E-state index contributed by atoms with van der Waals surface area (Å²) in [5, 5.41) is 29.6. The van der Waals surface area contributed by atoms with Crippen molar-refractivity contribution < 1.29 is 15.3 Å². The van der Waals surface area contributed by atoms with E-state index in [0.717, 1.165) is 29.9 Å². The lowest BCUT2D eigenvalue weighted by molar-refractivity contribution is -0.166. The highest BCUT2D eigenvalue weighted by Crippen LogP contribution is 2.59. The van der Waals surface area contributed by atoms with Gasteiger partial charge < -0.3 is 15.3 Å². The van der Waals surface area contributed by atoms with E-state index in [2.05, 4.69) is 32.6 Å². The summed E-state index contributed by atoms with van der Waals surface area (Å²) < 4.78 is 0. The molecule has 3 heteroatoms. The second kappa shape index (κ2) is 9.08. The molecule has 0 bridgehead atoms. The molecule has 0 aromatic rings. The zero-order valence-electron chi connectivity index (χ0n) is 18.8. The average molecular weight is 403 g/mol. The number of aliphatic hydroxyl groups is 3. The van der Waals surface area contributed by atoms with Gasteiger partial charge in [0.25, 0.3) is 0 Å². The molecule has 3 nitrogen and oxygen atoms in total. The maximum Gasteiger partial charge on any atom is 0.166 e. The highest BCUT2D eigenvalue weighted by Gasteiger charge is 2.50. The van der Waals surface area contributed by atoms with E-state index in [-0.39, 0.29) is 6.10 Å². The fraction of sp³-hybridized carbons (Fsp3) is 0.769. The minimum Gasteiger partial charge on any atom is -0.393 e. The molecule has 0 saturated heterocycles. The molecule has 5 atom stereocenters. The summed E-state index contributed by atoms with van der Waals surface area (Å²) in [4.78, 5) is 0. The van der Waals surface area contributed by atoms with Gasteiger partial charge >= 0.3 is 0 Å². The third-order valence-corrected chi connectivity index (χ3v) is 8.26. The van der Waals surface area contributed by atoms with Crippen LogP contribution < -0.4 is 0 Å². The van der Waals surface area contributed by atoms with E-state index in [1.54, 1.807) is 5.57 Å². The van der Waals surface area contributed by atoms with Crippen LogP contribution in [0.25, 0.3) is 0 Å². The summed E-state index contributed by atoms with van der Waals surface area (Å²) in [6.45, 7) is 11.0. The number of allylic oxidation sites excluding steroid dienone is 4. The Morgan fingerprint density at radius 1 is 1.10 bits per heavy atom. The van der Waals surface area contributed by atoms with E-state index >= 15 is 0 Å². The molecule has 29 heavy (non-hydrogen) atoms. The monoisotopic (exact) mass is 402 g/mol. The molecule has 0 amide bonds. The van der Waals surface area contributed by atoms with Gasteiger partial charge in [0, 0.05) is 12.8 Å². The van der Waals surface area contributed by atoms with Gasteiger partial charge in [-0.2, -0.15) is 0 Å². The van der Waals surface area contributed by atoms with Crippen LogP contribution >= 0.6 is 0 Å². The first kappa shape index (κ1) is 22.8. The summed E-state index contributed by atoms with van der Waals surface area (Å²) in [6.07, 6.45) is 15.2. The predicted octanol–water partition coefficient (Wildman–Crippen LogP) is 5.66. The smallest absolute Gasteiger partial charge is 0.166 e. The van der Waals surface area contributed by atoms with Crippen LogP contribution in [-0.2, 0) is 0 Å². The Balaban J connectivity index is 1.71. The summed E-state index contributed by atoms with van der Waals surface area (Å²) in [5.74, 6) is 0.559. The SMILES string of the molecule is C=C1CCC(O)(O)C/C1=C/C=C1\CCC[C@]2(C)[C@@H]([C@H](C)CCCC(C)O)CC[C@@H]12. The number of fused-ring (bicyclic) bond motifs is 1. The van der Waals surface area contributed by atoms with Crippen LogP contribution in [-0.4, -0.2) is 27.2 Å². The summed E-state index contributed by atoms with van der Waals surface area (Å²) in [6, 6.07) is 0. The minimum atomic E-state index is -1.58. The molecule has 3 aliphatic carbocycles. The van der Waals surface area contributed by atoms with Crippen LogP contribution in [0.2, 0.25) is 0 Å². The van der Waals surface area contributed by atoms with Crippen molar-refractivity contribution in [3.63, 3.8) is 0 Å². The molecule has 0 aliphatic heterocycles. The summed E-state index contributed by atoms with van der Waals surface area (Å²) in [7, 11) is 0. The van der Waals surface area contributed by atoms with Crippen LogP contribution in [0.15, 0.2) is 35.5 Å². The van der Waals surface area contributed by atoms with E-state index in [0.29, 0.717) is 36.5 Å². The van der Waals surface area contributed by atoms with E-state index < -0.39 is 5.79 Å². The van der Waals surface area contributed by atoms with Crippen molar-refractivity contribution in [3.8, 4) is 0 Å². The molecule has 3 N–H and O–H groups in total. The zero-order chi connectivity index (χ0) is 21.2. The lowest BCUT2D eigenvalue weighted by Crippen LogP contribution is -2.36. The number of hydrogen-bond donors (Lipinski definition) is 3. The quantitative estimate of drug-likeness (QED) is 0.502. The van der Waals surface area contributed by atoms with Crippen molar-refractivity contribution in [1.82, 2.24) is 0 Å². The van der Waals surface area contributed by atoms with Crippen molar-refractivity contribution in [3.05, 3.63) is 35.5 Å². The number of rotatable bonds is 6. The fourth-order valence-electron chi connectivity index (χ4n) is 6.57. The first-order valence-electron chi connectivity index (χ1n) is 11.8. The molecule has 0 radical (unpaired) electrons. The standard InChI is InChI=1S/C26H42O3/c1-18-14-16-26(28,29)17-22(18)11-10-21-9-6-15-25(4)23(12-13-24(21)25)19(2)7-5-8-20(3)27/h10-11,19-20,23-24,27-29H,1,5-9,12-17H2,2-4H3/b21-10+,22-11-/t19-,20?,23-,24+,25-/m1/s1. The predicted molar refractivity (Wildman–Crippen MR) is 119 cm³/mol. The van der Waals surface area contributed by atoms with Crippen LogP contribution in [0.4, 0.5) is 0 Å². The van der Waals surface area contributed by atoms with Gasteiger partial charge in [0.05, 0.1) is 6.10 Å². The third kappa shape index (κ3) is 5.24. The van der Waals surface area contributed by atoms with Crippen molar-refractivity contribution in [2.24, 2.45) is 23.2 Å². The Morgan fingerprint density at radius 3 is 2.59 bits per heavy atom. The van der Waals surface area contributed by atoms with E-state index in [1.807, 2.05) is 6.92 Å². The maximum absolute atomic E-state index is 10.0. The molecule has 3 rings (SSSR count). The van der Waals surface area contributed by atoms with Gasteiger partial charge in [0.2, 0.25) is 0 Å². The lowest BCUT2D eigenvalue weighted by atomic mass is 9.60.